The largest absolute Gasteiger partial charge is 2.00 e. The van der Waals surface area contributed by atoms with Gasteiger partial charge in [-0.25, -0.2) is 0 Å². The third-order valence-electron chi connectivity index (χ3n) is 10.1. The van der Waals surface area contributed by atoms with E-state index in [2.05, 4.69) is 20.8 Å². The van der Waals surface area contributed by atoms with E-state index in [1.807, 2.05) is 0 Å². The molecule has 3 N–H and O–H groups in total. The maximum absolute atomic E-state index is 8.51. The second kappa shape index (κ2) is 65.7. The smallest absolute Gasteiger partial charge is 0.677 e. The Labute approximate surface area is 346 Å². The SMILES string of the molecule is CCCCCCCCCCCCCCCCCC[NH-].CCCCCCCCCCCCCCCCCC[NH-].CCCCCCCCCCO.Cl.[Ti+2]. The van der Waals surface area contributed by atoms with Crippen LogP contribution in [0.1, 0.15) is 278 Å². The van der Waals surface area contributed by atoms with Crippen molar-refractivity contribution in [1.82, 2.24) is 0 Å². The third-order valence-corrected chi connectivity index (χ3v) is 10.1. The van der Waals surface area contributed by atoms with Crippen LogP contribution < -0.4 is 0 Å². The number of hydrogen-bond donors (Lipinski definition) is 1. The van der Waals surface area contributed by atoms with Crippen LogP contribution in [0.5, 0.6) is 0 Å². The molecule has 0 spiro atoms. The summed E-state index contributed by atoms with van der Waals surface area (Å²) in [6.45, 7) is 8.43. The molecule has 0 unspecified atom stereocenters. The molecule has 0 aromatic heterocycles. The molecule has 0 aromatic rings. The zero-order valence-electron chi connectivity index (χ0n) is 35.8. The molecule has 0 heterocycles. The molecule has 0 rings (SSSR count). The Morgan fingerprint density at radius 2 is 0.392 bits per heavy atom. The molecule has 0 saturated carbocycles. The Morgan fingerprint density at radius 1 is 0.255 bits per heavy atom. The van der Waals surface area contributed by atoms with E-state index in [1.165, 1.54) is 238 Å². The Bertz CT molecular complexity index is 426. The van der Waals surface area contributed by atoms with Gasteiger partial charge in [-0.2, -0.15) is 13.1 Å². The van der Waals surface area contributed by atoms with Crippen molar-refractivity contribution in [1.29, 1.82) is 0 Å². The van der Waals surface area contributed by atoms with Crippen LogP contribution in [0.2, 0.25) is 0 Å². The van der Waals surface area contributed by atoms with Crippen LogP contribution >= 0.6 is 12.4 Å². The number of aliphatic hydroxyl groups is 1. The number of rotatable bonds is 40. The van der Waals surface area contributed by atoms with Crippen LogP contribution in [0, 0.1) is 0 Å². The van der Waals surface area contributed by atoms with Crippen molar-refractivity contribution in [3.05, 3.63) is 11.5 Å². The van der Waals surface area contributed by atoms with E-state index in [4.69, 9.17) is 16.6 Å². The van der Waals surface area contributed by atoms with Gasteiger partial charge in [0.05, 0.1) is 0 Å². The van der Waals surface area contributed by atoms with Crippen LogP contribution in [-0.4, -0.2) is 24.8 Å². The zero-order valence-corrected chi connectivity index (χ0v) is 38.1. The average molecular weight is 780 g/mol. The summed E-state index contributed by atoms with van der Waals surface area (Å²) in [5.74, 6) is 0. The monoisotopic (exact) mass is 779 g/mol. The molecule has 0 aliphatic carbocycles. The van der Waals surface area contributed by atoms with Gasteiger partial charge in [-0.1, -0.05) is 271 Å². The van der Waals surface area contributed by atoms with Gasteiger partial charge in [0.25, 0.3) is 0 Å². The van der Waals surface area contributed by atoms with E-state index in [-0.39, 0.29) is 34.1 Å². The minimum absolute atomic E-state index is 0. The normalized spacial score (nSPS) is 10.5. The molecule has 310 valence electrons. The van der Waals surface area contributed by atoms with Crippen molar-refractivity contribution in [3.8, 4) is 0 Å². The summed E-state index contributed by atoms with van der Waals surface area (Å²) in [4.78, 5) is 0. The molecule has 0 amide bonds. The van der Waals surface area contributed by atoms with Gasteiger partial charge in [0.2, 0.25) is 0 Å². The zero-order chi connectivity index (χ0) is 36.4. The number of aliphatic hydroxyl groups excluding tert-OH is 1. The van der Waals surface area contributed by atoms with Crippen molar-refractivity contribution in [2.45, 2.75) is 278 Å². The van der Waals surface area contributed by atoms with Gasteiger partial charge in [0.15, 0.2) is 0 Å². The van der Waals surface area contributed by atoms with Gasteiger partial charge in [-0.15, -0.1) is 12.4 Å². The predicted octanol–water partition coefficient (Wildman–Crippen LogP) is 18.1. The molecular formula is C46H99ClN2OTi. The first kappa shape index (κ1) is 61.1. The fourth-order valence-corrected chi connectivity index (χ4v) is 6.59. The van der Waals surface area contributed by atoms with Gasteiger partial charge in [-0.05, 0) is 6.42 Å². The van der Waals surface area contributed by atoms with Crippen molar-refractivity contribution >= 4 is 12.4 Å². The van der Waals surface area contributed by atoms with Gasteiger partial charge in [-0.3, -0.25) is 0 Å². The van der Waals surface area contributed by atoms with E-state index in [0.717, 1.165) is 19.3 Å². The van der Waals surface area contributed by atoms with Crippen LogP contribution in [0.4, 0.5) is 0 Å². The van der Waals surface area contributed by atoms with E-state index in [1.54, 1.807) is 0 Å². The van der Waals surface area contributed by atoms with Crippen molar-refractivity contribution in [2.75, 3.05) is 19.7 Å². The quantitative estimate of drug-likeness (QED) is 0.0488. The van der Waals surface area contributed by atoms with E-state index < -0.39 is 0 Å². The van der Waals surface area contributed by atoms with Crippen molar-refractivity contribution in [3.63, 3.8) is 0 Å². The summed E-state index contributed by atoms with van der Waals surface area (Å²) in [6, 6.07) is 0. The predicted molar refractivity (Wildman–Crippen MR) is 234 cm³/mol. The van der Waals surface area contributed by atoms with Gasteiger partial charge < -0.3 is 16.6 Å². The summed E-state index contributed by atoms with van der Waals surface area (Å²) in [6.07, 6.45) is 55.4. The van der Waals surface area contributed by atoms with Crippen LogP contribution in [-0.2, 0) is 21.7 Å². The molecule has 3 nitrogen and oxygen atoms in total. The first-order valence-corrected chi connectivity index (χ1v) is 23.1. The van der Waals surface area contributed by atoms with Crippen LogP contribution in [0.15, 0.2) is 0 Å². The fraction of sp³-hybridized carbons (Fsp3) is 1.00. The number of nitrogens with one attached hydrogen (secondary N) is 2. The summed E-state index contributed by atoms with van der Waals surface area (Å²) in [5, 5.41) is 8.51. The second-order valence-corrected chi connectivity index (χ2v) is 15.3. The molecule has 51 heavy (non-hydrogen) atoms. The molecule has 0 fully saturated rings. The van der Waals surface area contributed by atoms with E-state index in [9.17, 15) is 0 Å². The number of unbranched alkanes of at least 4 members (excludes halogenated alkanes) is 37. The summed E-state index contributed by atoms with van der Waals surface area (Å²) in [5.41, 5.74) is 14.2. The van der Waals surface area contributed by atoms with Crippen LogP contribution in [0.25, 0.3) is 11.5 Å². The molecule has 0 aliphatic rings. The Morgan fingerprint density at radius 3 is 0.529 bits per heavy atom. The number of halogens is 1. The minimum atomic E-state index is 0. The Kier molecular flexibility index (Phi) is 78.8. The Hall–Kier alpha value is 0.884. The maximum atomic E-state index is 8.51. The average Bonchev–Trinajstić information content (AvgIpc) is 3.12. The fourth-order valence-electron chi connectivity index (χ4n) is 6.59. The molecule has 5 heteroatoms. The second-order valence-electron chi connectivity index (χ2n) is 15.3. The minimum Gasteiger partial charge on any atom is -0.677 e. The Balaban J connectivity index is -0.000000211. The van der Waals surface area contributed by atoms with Gasteiger partial charge in [0.1, 0.15) is 0 Å². The maximum Gasteiger partial charge on any atom is 2.00 e. The molecule has 0 aromatic carbocycles. The molecule has 0 bridgehead atoms. The first-order valence-electron chi connectivity index (χ1n) is 23.1. The summed E-state index contributed by atoms with van der Waals surface area (Å²) >= 11 is 0. The number of hydrogen-bond acceptors (Lipinski definition) is 1. The van der Waals surface area contributed by atoms with Gasteiger partial charge >= 0.3 is 21.7 Å². The third kappa shape index (κ3) is 72.7. The first-order chi connectivity index (χ1) is 24.2. The summed E-state index contributed by atoms with van der Waals surface area (Å²) in [7, 11) is 0. The molecule has 0 aliphatic heterocycles. The summed E-state index contributed by atoms with van der Waals surface area (Å²) < 4.78 is 0. The molecule has 0 saturated heterocycles. The standard InChI is InChI=1S/2C18H38N.C10H22O.ClH.Ti/c2*1-2-3-4-5-6-7-8-9-10-11-12-13-14-15-16-17-18-19;1-2-3-4-5-6-7-8-9-10-11;;/h2*19H,2-18H2,1H3;11H,2-10H2,1H3;1H;/q2*-1;;;+2. The molecular weight excluding hydrogens is 680 g/mol. The van der Waals surface area contributed by atoms with Gasteiger partial charge in [0, 0.05) is 6.61 Å². The topological polar surface area (TPSA) is 67.8 Å². The molecule has 0 atom stereocenters. The van der Waals surface area contributed by atoms with Crippen LogP contribution in [0.3, 0.4) is 0 Å². The molecule has 0 radical (unpaired) electrons. The van der Waals surface area contributed by atoms with E-state index in [0.29, 0.717) is 19.7 Å². The van der Waals surface area contributed by atoms with Crippen molar-refractivity contribution < 1.29 is 26.8 Å². The van der Waals surface area contributed by atoms with Crippen molar-refractivity contribution in [2.24, 2.45) is 0 Å². The van der Waals surface area contributed by atoms with E-state index >= 15 is 0 Å².